The molecule has 1 aliphatic rings. The molecule has 0 saturated heterocycles. The first-order valence-electron chi connectivity index (χ1n) is 10.6. The molecule has 0 spiro atoms. The van der Waals surface area contributed by atoms with E-state index >= 15 is 0 Å². The molecule has 2 atom stereocenters. The minimum Gasteiger partial charge on any atom is -0.364 e. The van der Waals surface area contributed by atoms with Gasteiger partial charge in [-0.3, -0.25) is 9.78 Å². The molecule has 0 radical (unpaired) electrons. The number of aromatic nitrogens is 3. The molecule has 5 N–H and O–H groups in total. The van der Waals surface area contributed by atoms with Crippen LogP contribution >= 0.6 is 0 Å². The average Bonchev–Trinajstić information content (AvgIpc) is 2.70. The molecule has 3 rings (SSSR count). The summed E-state index contributed by atoms with van der Waals surface area (Å²) in [6.07, 6.45) is 6.73. The minimum absolute atomic E-state index is 0.115. The molecule has 1 amide bonds. The Hall–Kier alpha value is -2.54. The zero-order valence-electron chi connectivity index (χ0n) is 17.4. The second kappa shape index (κ2) is 9.78. The summed E-state index contributed by atoms with van der Waals surface area (Å²) in [6, 6.07) is 8.35. The highest BCUT2D eigenvalue weighted by atomic mass is 16.1. The van der Waals surface area contributed by atoms with Crippen LogP contribution in [-0.2, 0) is 12.8 Å². The van der Waals surface area contributed by atoms with E-state index in [1.54, 1.807) is 0 Å². The standard InChI is InChI=1S/C22H32N6O/c1-14(2)18-12-6-9-16(25-18)8-5-7-15-13-20(27-28-21(15)22(24)29)26-19-11-4-3-10-17(19)23/h6,9,12-14,17,19H,3-5,7-8,10-11,23H2,1-2H3,(H2,24,29)(H,26,27)/t17-,19+/m0/s1. The van der Waals surface area contributed by atoms with E-state index < -0.39 is 5.91 Å². The van der Waals surface area contributed by atoms with Gasteiger partial charge in [-0.2, -0.15) is 0 Å². The predicted octanol–water partition coefficient (Wildman–Crippen LogP) is 2.95. The van der Waals surface area contributed by atoms with Gasteiger partial charge in [0.1, 0.15) is 5.82 Å². The van der Waals surface area contributed by atoms with Gasteiger partial charge in [-0.15, -0.1) is 10.2 Å². The Kier molecular flexibility index (Phi) is 7.14. The van der Waals surface area contributed by atoms with Gasteiger partial charge in [0.2, 0.25) is 0 Å². The van der Waals surface area contributed by atoms with E-state index in [4.69, 9.17) is 16.5 Å². The van der Waals surface area contributed by atoms with E-state index in [0.717, 1.165) is 49.1 Å². The number of carbonyl (C=O) groups excluding carboxylic acids is 1. The van der Waals surface area contributed by atoms with Crippen molar-refractivity contribution >= 4 is 11.7 Å². The molecule has 1 fully saturated rings. The largest absolute Gasteiger partial charge is 0.364 e. The summed E-state index contributed by atoms with van der Waals surface area (Å²) in [5, 5.41) is 11.6. The van der Waals surface area contributed by atoms with Crippen LogP contribution < -0.4 is 16.8 Å². The monoisotopic (exact) mass is 396 g/mol. The van der Waals surface area contributed by atoms with Gasteiger partial charge in [0, 0.05) is 23.5 Å². The number of primary amides is 1. The molecule has 156 valence electrons. The topological polar surface area (TPSA) is 120 Å². The van der Waals surface area contributed by atoms with E-state index in [1.807, 2.05) is 12.1 Å². The molecule has 7 nitrogen and oxygen atoms in total. The number of rotatable bonds is 8. The van der Waals surface area contributed by atoms with E-state index in [-0.39, 0.29) is 17.8 Å². The Morgan fingerprint density at radius 3 is 2.72 bits per heavy atom. The van der Waals surface area contributed by atoms with Crippen LogP contribution in [-0.4, -0.2) is 33.2 Å². The lowest BCUT2D eigenvalue weighted by molar-refractivity contribution is 0.0993. The number of nitrogens with zero attached hydrogens (tertiary/aromatic N) is 3. The van der Waals surface area contributed by atoms with Gasteiger partial charge in [0.25, 0.3) is 5.91 Å². The lowest BCUT2D eigenvalue weighted by Crippen LogP contribution is -2.42. The third kappa shape index (κ3) is 5.73. The smallest absolute Gasteiger partial charge is 0.269 e. The number of hydrogen-bond acceptors (Lipinski definition) is 6. The molecule has 0 bridgehead atoms. The summed E-state index contributed by atoms with van der Waals surface area (Å²) < 4.78 is 0. The zero-order valence-corrected chi connectivity index (χ0v) is 17.4. The number of nitrogens with two attached hydrogens (primary N) is 2. The van der Waals surface area contributed by atoms with Crippen molar-refractivity contribution in [3.05, 3.63) is 46.9 Å². The third-order valence-electron chi connectivity index (χ3n) is 5.56. The molecule has 1 saturated carbocycles. The van der Waals surface area contributed by atoms with Crippen LogP contribution in [0.4, 0.5) is 5.82 Å². The molecule has 1 aliphatic carbocycles. The number of nitrogens with one attached hydrogen (secondary N) is 1. The van der Waals surface area contributed by atoms with Gasteiger partial charge in [-0.05, 0) is 61.8 Å². The van der Waals surface area contributed by atoms with Crippen LogP contribution in [0.2, 0.25) is 0 Å². The van der Waals surface area contributed by atoms with Crippen molar-refractivity contribution in [2.45, 2.75) is 76.8 Å². The van der Waals surface area contributed by atoms with Crippen molar-refractivity contribution in [1.82, 2.24) is 15.2 Å². The molecule has 0 aromatic carbocycles. The summed E-state index contributed by atoms with van der Waals surface area (Å²) in [4.78, 5) is 16.5. The number of anilines is 1. The first kappa shape index (κ1) is 21.2. The van der Waals surface area contributed by atoms with Gasteiger partial charge >= 0.3 is 0 Å². The normalized spacial score (nSPS) is 19.3. The Morgan fingerprint density at radius 2 is 2.00 bits per heavy atom. The number of pyridine rings is 1. The van der Waals surface area contributed by atoms with Crippen LogP contribution in [0.15, 0.2) is 24.3 Å². The summed E-state index contributed by atoms with van der Waals surface area (Å²) in [5.41, 5.74) is 15.0. The van der Waals surface area contributed by atoms with Crippen molar-refractivity contribution in [1.29, 1.82) is 0 Å². The van der Waals surface area contributed by atoms with Gasteiger partial charge < -0.3 is 16.8 Å². The van der Waals surface area contributed by atoms with Crippen molar-refractivity contribution in [3.63, 3.8) is 0 Å². The van der Waals surface area contributed by atoms with Crippen molar-refractivity contribution in [2.24, 2.45) is 11.5 Å². The Morgan fingerprint density at radius 1 is 1.21 bits per heavy atom. The van der Waals surface area contributed by atoms with Crippen LogP contribution in [0.1, 0.15) is 79.3 Å². The second-order valence-electron chi connectivity index (χ2n) is 8.23. The van der Waals surface area contributed by atoms with Gasteiger partial charge in [-0.1, -0.05) is 32.8 Å². The van der Waals surface area contributed by atoms with Crippen LogP contribution in [0, 0.1) is 0 Å². The minimum atomic E-state index is -0.548. The Labute approximate surface area is 172 Å². The fourth-order valence-corrected chi connectivity index (χ4v) is 3.85. The Balaban J connectivity index is 1.68. The van der Waals surface area contributed by atoms with Gasteiger partial charge in [-0.25, -0.2) is 0 Å². The fourth-order valence-electron chi connectivity index (χ4n) is 3.85. The SMILES string of the molecule is CC(C)c1cccc(CCCc2cc(N[C@@H]3CCCC[C@@H]3N)nnc2C(N)=O)n1. The molecular weight excluding hydrogens is 364 g/mol. The molecule has 2 aromatic heterocycles. The van der Waals surface area contributed by atoms with Gasteiger partial charge in [0.15, 0.2) is 5.69 Å². The quantitative estimate of drug-likeness (QED) is 0.631. The van der Waals surface area contributed by atoms with E-state index in [1.165, 1.54) is 6.42 Å². The lowest BCUT2D eigenvalue weighted by atomic mass is 9.91. The first-order chi connectivity index (χ1) is 13.9. The Bertz CT molecular complexity index is 838. The van der Waals surface area contributed by atoms with Crippen molar-refractivity contribution < 1.29 is 4.79 Å². The highest BCUT2D eigenvalue weighted by molar-refractivity contribution is 5.92. The van der Waals surface area contributed by atoms with E-state index in [2.05, 4.69) is 41.5 Å². The van der Waals surface area contributed by atoms with Crippen LogP contribution in [0.3, 0.4) is 0 Å². The molecule has 0 unspecified atom stereocenters. The van der Waals surface area contributed by atoms with Crippen LogP contribution in [0.5, 0.6) is 0 Å². The van der Waals surface area contributed by atoms with Crippen LogP contribution in [0.25, 0.3) is 0 Å². The zero-order chi connectivity index (χ0) is 20.8. The summed E-state index contributed by atoms with van der Waals surface area (Å²) >= 11 is 0. The molecule has 2 heterocycles. The highest BCUT2D eigenvalue weighted by Crippen LogP contribution is 2.22. The third-order valence-corrected chi connectivity index (χ3v) is 5.56. The van der Waals surface area contributed by atoms with Crippen molar-refractivity contribution in [3.8, 4) is 0 Å². The maximum Gasteiger partial charge on any atom is 0.269 e. The molecular formula is C22H32N6O. The maximum absolute atomic E-state index is 11.8. The number of carbonyl (C=O) groups is 1. The predicted molar refractivity (Wildman–Crippen MR) is 115 cm³/mol. The average molecular weight is 397 g/mol. The molecule has 2 aromatic rings. The lowest BCUT2D eigenvalue weighted by Gasteiger charge is -2.29. The summed E-state index contributed by atoms with van der Waals surface area (Å²) in [7, 11) is 0. The molecule has 7 heteroatoms. The molecule has 0 aliphatic heterocycles. The van der Waals surface area contributed by atoms with Gasteiger partial charge in [0.05, 0.1) is 0 Å². The number of hydrogen-bond donors (Lipinski definition) is 3. The van der Waals surface area contributed by atoms with Crippen molar-refractivity contribution in [2.75, 3.05) is 5.32 Å². The second-order valence-corrected chi connectivity index (χ2v) is 8.23. The highest BCUT2D eigenvalue weighted by Gasteiger charge is 2.22. The summed E-state index contributed by atoms with van der Waals surface area (Å²) in [6.45, 7) is 4.28. The maximum atomic E-state index is 11.8. The van der Waals surface area contributed by atoms with E-state index in [9.17, 15) is 4.79 Å². The van der Waals surface area contributed by atoms with E-state index in [0.29, 0.717) is 18.2 Å². The number of aryl methyl sites for hydroxylation is 2. The number of amides is 1. The fraction of sp³-hybridized carbons (Fsp3) is 0.545. The summed E-state index contributed by atoms with van der Waals surface area (Å²) in [5.74, 6) is 0.515. The first-order valence-corrected chi connectivity index (χ1v) is 10.6. The molecule has 29 heavy (non-hydrogen) atoms.